The van der Waals surface area contributed by atoms with Crippen LogP contribution in [-0.2, 0) is 6.61 Å². The van der Waals surface area contributed by atoms with Crippen LogP contribution in [0.3, 0.4) is 0 Å². The lowest BCUT2D eigenvalue weighted by Crippen LogP contribution is -2.13. The first-order chi connectivity index (χ1) is 12.1. The Morgan fingerprint density at radius 1 is 1.04 bits per heavy atom. The second-order valence-corrected chi connectivity index (χ2v) is 5.42. The van der Waals surface area contributed by atoms with Gasteiger partial charge in [-0.2, -0.15) is 0 Å². The molecule has 0 aliphatic carbocycles. The zero-order chi connectivity index (χ0) is 17.8. The van der Waals surface area contributed by atoms with Gasteiger partial charge in [0.2, 0.25) is 0 Å². The molecule has 1 aromatic heterocycles. The molecule has 0 atom stereocenters. The summed E-state index contributed by atoms with van der Waals surface area (Å²) in [5.41, 5.74) is 16.4. The highest BCUT2D eigenvalue weighted by molar-refractivity contribution is 5.71. The molecule has 1 heterocycles. The second-order valence-electron chi connectivity index (χ2n) is 5.42. The number of pyridine rings is 1. The minimum Gasteiger partial charge on any atom is -0.486 e. The van der Waals surface area contributed by atoms with E-state index in [0.717, 1.165) is 11.1 Å². The topological polar surface area (TPSA) is 112 Å². The molecular formula is C18H18FN5O. The second kappa shape index (κ2) is 7.06. The van der Waals surface area contributed by atoms with E-state index < -0.39 is 0 Å². The fraction of sp³-hybridized carbons (Fsp3) is 0.0556. The van der Waals surface area contributed by atoms with Crippen molar-refractivity contribution in [1.29, 1.82) is 0 Å². The van der Waals surface area contributed by atoms with Crippen LogP contribution in [0.1, 0.15) is 5.56 Å². The quantitative estimate of drug-likeness (QED) is 0.420. The van der Waals surface area contributed by atoms with Gasteiger partial charge in [-0.25, -0.2) is 15.2 Å². The standard InChI is InChI=1S/C18H18FN5O/c19-14-7-2-1-6-13(14)12-5-3-4-11(8-12)10-25-15-9-16(20)23-18(24-22)17(15)21/h1-9H,10,21-22H2,(H3,20,23,24). The van der Waals surface area contributed by atoms with Gasteiger partial charge >= 0.3 is 0 Å². The van der Waals surface area contributed by atoms with Crippen molar-refractivity contribution in [2.75, 3.05) is 16.9 Å². The number of hydrogen-bond donors (Lipinski definition) is 4. The van der Waals surface area contributed by atoms with E-state index in [-0.39, 0.29) is 29.7 Å². The molecule has 0 spiro atoms. The number of nitrogens with zero attached hydrogens (tertiary/aromatic N) is 1. The number of halogens is 1. The van der Waals surface area contributed by atoms with Crippen LogP contribution in [0.25, 0.3) is 11.1 Å². The first kappa shape index (κ1) is 16.5. The predicted molar refractivity (Wildman–Crippen MR) is 97.0 cm³/mol. The van der Waals surface area contributed by atoms with Crippen molar-refractivity contribution in [2.24, 2.45) is 5.84 Å². The Bertz CT molecular complexity index is 900. The molecular weight excluding hydrogens is 321 g/mol. The van der Waals surface area contributed by atoms with Crippen LogP contribution >= 0.6 is 0 Å². The first-order valence-corrected chi connectivity index (χ1v) is 7.57. The Labute approximate surface area is 144 Å². The van der Waals surface area contributed by atoms with Crippen LogP contribution in [-0.4, -0.2) is 4.98 Å². The molecule has 0 aliphatic heterocycles. The van der Waals surface area contributed by atoms with Crippen LogP contribution in [0, 0.1) is 5.82 Å². The number of benzene rings is 2. The lowest BCUT2D eigenvalue weighted by atomic mass is 10.0. The number of ether oxygens (including phenoxy) is 1. The minimum absolute atomic E-state index is 0.234. The van der Waals surface area contributed by atoms with E-state index >= 15 is 0 Å². The molecule has 7 heteroatoms. The Hall–Kier alpha value is -3.32. The van der Waals surface area contributed by atoms with E-state index in [1.165, 1.54) is 12.1 Å². The third kappa shape index (κ3) is 3.61. The highest BCUT2D eigenvalue weighted by Crippen LogP contribution is 2.30. The Morgan fingerprint density at radius 2 is 1.84 bits per heavy atom. The molecule has 3 rings (SSSR count). The smallest absolute Gasteiger partial charge is 0.169 e. The molecule has 2 aromatic carbocycles. The lowest BCUT2D eigenvalue weighted by Gasteiger charge is -2.13. The zero-order valence-corrected chi connectivity index (χ0v) is 13.4. The van der Waals surface area contributed by atoms with Crippen LogP contribution in [0.2, 0.25) is 0 Å². The van der Waals surface area contributed by atoms with E-state index in [1.54, 1.807) is 18.2 Å². The van der Waals surface area contributed by atoms with Gasteiger partial charge < -0.3 is 21.6 Å². The molecule has 0 unspecified atom stereocenters. The van der Waals surface area contributed by atoms with E-state index in [9.17, 15) is 4.39 Å². The summed E-state index contributed by atoms with van der Waals surface area (Å²) in [4.78, 5) is 3.97. The van der Waals surface area contributed by atoms with E-state index in [4.69, 9.17) is 22.0 Å². The van der Waals surface area contributed by atoms with Gasteiger partial charge in [0, 0.05) is 11.6 Å². The number of anilines is 3. The average molecular weight is 339 g/mol. The number of nitrogens with two attached hydrogens (primary N) is 3. The fourth-order valence-electron chi connectivity index (χ4n) is 2.46. The summed E-state index contributed by atoms with van der Waals surface area (Å²) in [5, 5.41) is 0. The van der Waals surface area contributed by atoms with Gasteiger partial charge in [-0.05, 0) is 23.3 Å². The lowest BCUT2D eigenvalue weighted by molar-refractivity contribution is 0.308. The van der Waals surface area contributed by atoms with Crippen molar-refractivity contribution in [3.05, 3.63) is 66.0 Å². The molecule has 7 N–H and O–H groups in total. The van der Waals surface area contributed by atoms with Gasteiger partial charge in [0.1, 0.15) is 29.7 Å². The van der Waals surface area contributed by atoms with Gasteiger partial charge in [-0.1, -0.05) is 36.4 Å². The maximum Gasteiger partial charge on any atom is 0.169 e. The summed E-state index contributed by atoms with van der Waals surface area (Å²) in [5.74, 6) is 5.93. The summed E-state index contributed by atoms with van der Waals surface area (Å²) in [6, 6.07) is 15.6. The van der Waals surface area contributed by atoms with E-state index in [0.29, 0.717) is 11.3 Å². The number of nitrogens with one attached hydrogen (secondary N) is 1. The molecule has 0 fully saturated rings. The van der Waals surface area contributed by atoms with Gasteiger partial charge in [0.05, 0.1) is 0 Å². The zero-order valence-electron chi connectivity index (χ0n) is 13.4. The van der Waals surface area contributed by atoms with Crippen molar-refractivity contribution >= 4 is 17.3 Å². The maximum absolute atomic E-state index is 14.0. The van der Waals surface area contributed by atoms with Gasteiger partial charge in [0.15, 0.2) is 5.82 Å². The first-order valence-electron chi connectivity index (χ1n) is 7.57. The van der Waals surface area contributed by atoms with Gasteiger partial charge in [-0.3, -0.25) is 0 Å². The molecule has 3 aromatic rings. The largest absolute Gasteiger partial charge is 0.486 e. The van der Waals surface area contributed by atoms with Crippen LogP contribution < -0.4 is 27.5 Å². The SMILES string of the molecule is NNc1nc(N)cc(OCc2cccc(-c3ccccc3F)c2)c1N. The number of rotatable bonds is 5. The molecule has 0 aliphatic rings. The number of aromatic nitrogens is 1. The van der Waals surface area contributed by atoms with Crippen molar-refractivity contribution < 1.29 is 9.13 Å². The monoisotopic (exact) mass is 339 g/mol. The predicted octanol–water partition coefficient (Wildman–Crippen LogP) is 2.92. The third-order valence-corrected chi connectivity index (χ3v) is 3.68. The molecule has 25 heavy (non-hydrogen) atoms. The average Bonchev–Trinajstić information content (AvgIpc) is 2.62. The number of hydrazine groups is 1. The molecule has 0 radical (unpaired) electrons. The Kier molecular flexibility index (Phi) is 4.67. The Balaban J connectivity index is 1.82. The third-order valence-electron chi connectivity index (χ3n) is 3.68. The summed E-state index contributed by atoms with van der Waals surface area (Å²) < 4.78 is 19.7. The molecule has 0 bridgehead atoms. The van der Waals surface area contributed by atoms with Crippen molar-refractivity contribution in [1.82, 2.24) is 4.98 Å². The summed E-state index contributed by atoms with van der Waals surface area (Å²) >= 11 is 0. The summed E-state index contributed by atoms with van der Waals surface area (Å²) in [6.07, 6.45) is 0. The van der Waals surface area contributed by atoms with Crippen LogP contribution in [0.15, 0.2) is 54.6 Å². The van der Waals surface area contributed by atoms with Gasteiger partial charge in [0.25, 0.3) is 0 Å². The normalized spacial score (nSPS) is 10.5. The minimum atomic E-state index is -0.273. The molecule has 128 valence electrons. The molecule has 0 saturated carbocycles. The molecule has 6 nitrogen and oxygen atoms in total. The van der Waals surface area contributed by atoms with E-state index in [1.807, 2.05) is 24.3 Å². The maximum atomic E-state index is 14.0. The van der Waals surface area contributed by atoms with Crippen LogP contribution in [0.5, 0.6) is 5.75 Å². The van der Waals surface area contributed by atoms with E-state index in [2.05, 4.69) is 10.4 Å². The van der Waals surface area contributed by atoms with Gasteiger partial charge in [-0.15, -0.1) is 0 Å². The highest BCUT2D eigenvalue weighted by atomic mass is 19.1. The highest BCUT2D eigenvalue weighted by Gasteiger charge is 2.10. The summed E-state index contributed by atoms with van der Waals surface area (Å²) in [7, 11) is 0. The molecule has 0 amide bonds. The number of hydrogen-bond acceptors (Lipinski definition) is 6. The number of nitrogen functional groups attached to an aromatic ring is 3. The van der Waals surface area contributed by atoms with Crippen molar-refractivity contribution in [3.63, 3.8) is 0 Å². The summed E-state index contributed by atoms with van der Waals surface area (Å²) in [6.45, 7) is 0.236. The van der Waals surface area contributed by atoms with Crippen molar-refractivity contribution in [2.45, 2.75) is 6.61 Å². The Morgan fingerprint density at radius 3 is 2.60 bits per heavy atom. The fourth-order valence-corrected chi connectivity index (χ4v) is 2.46. The molecule has 0 saturated heterocycles. The van der Waals surface area contributed by atoms with Crippen molar-refractivity contribution in [3.8, 4) is 16.9 Å². The van der Waals surface area contributed by atoms with Crippen LogP contribution in [0.4, 0.5) is 21.7 Å².